The van der Waals surface area contributed by atoms with Crippen molar-refractivity contribution in [2.75, 3.05) is 6.79 Å². The maximum atomic E-state index is 12.0. The summed E-state index contributed by atoms with van der Waals surface area (Å²) in [4.78, 5) is 22.4. The number of para-hydroxylation sites is 1. The van der Waals surface area contributed by atoms with Gasteiger partial charge in [0.15, 0.2) is 11.5 Å². The average molecular weight is 339 g/mol. The van der Waals surface area contributed by atoms with Crippen LogP contribution in [0.4, 0.5) is 5.69 Å². The molecule has 1 amide bonds. The third-order valence-corrected chi connectivity index (χ3v) is 3.37. The first kappa shape index (κ1) is 16.2. The van der Waals surface area contributed by atoms with E-state index in [1.165, 1.54) is 24.4 Å². The molecule has 0 aliphatic carbocycles. The van der Waals surface area contributed by atoms with E-state index in [1.807, 2.05) is 0 Å². The normalized spacial score (nSPS) is 12.6. The Morgan fingerprint density at radius 3 is 2.84 bits per heavy atom. The smallest absolute Gasteiger partial charge is 0.276 e. The van der Waals surface area contributed by atoms with Crippen LogP contribution in [0, 0.1) is 10.1 Å². The van der Waals surface area contributed by atoms with Crippen molar-refractivity contribution < 1.29 is 19.2 Å². The molecule has 0 radical (unpaired) electrons. The summed E-state index contributed by atoms with van der Waals surface area (Å²) in [6.07, 6.45) is 4.37. The van der Waals surface area contributed by atoms with E-state index >= 15 is 0 Å². The molecule has 25 heavy (non-hydrogen) atoms. The van der Waals surface area contributed by atoms with Crippen LogP contribution in [0.15, 0.2) is 53.6 Å². The van der Waals surface area contributed by atoms with Gasteiger partial charge in [0, 0.05) is 17.8 Å². The van der Waals surface area contributed by atoms with Gasteiger partial charge in [0.2, 0.25) is 6.79 Å². The molecule has 2 aromatic carbocycles. The highest BCUT2D eigenvalue weighted by Crippen LogP contribution is 2.32. The van der Waals surface area contributed by atoms with Crippen LogP contribution >= 0.6 is 0 Å². The van der Waals surface area contributed by atoms with E-state index in [0.717, 1.165) is 0 Å². The number of carbonyl (C=O) groups excluding carboxylic acids is 1. The van der Waals surface area contributed by atoms with E-state index in [4.69, 9.17) is 9.47 Å². The van der Waals surface area contributed by atoms with Crippen LogP contribution in [0.2, 0.25) is 0 Å². The van der Waals surface area contributed by atoms with Gasteiger partial charge in [-0.15, -0.1) is 0 Å². The molecule has 3 rings (SSSR count). The lowest BCUT2D eigenvalue weighted by atomic mass is 10.1. The summed E-state index contributed by atoms with van der Waals surface area (Å²) in [7, 11) is 0. The van der Waals surface area contributed by atoms with Gasteiger partial charge >= 0.3 is 0 Å². The molecule has 0 unspecified atom stereocenters. The second-order valence-electron chi connectivity index (χ2n) is 4.96. The van der Waals surface area contributed by atoms with Gasteiger partial charge in [0.25, 0.3) is 11.6 Å². The molecule has 0 atom stereocenters. The lowest BCUT2D eigenvalue weighted by Crippen LogP contribution is -2.17. The number of ether oxygens (including phenoxy) is 2. The molecule has 0 saturated heterocycles. The molecular weight excluding hydrogens is 326 g/mol. The van der Waals surface area contributed by atoms with E-state index in [9.17, 15) is 14.9 Å². The van der Waals surface area contributed by atoms with Crippen molar-refractivity contribution in [3.63, 3.8) is 0 Å². The first-order chi connectivity index (χ1) is 12.1. The Morgan fingerprint density at radius 1 is 1.20 bits per heavy atom. The highest BCUT2D eigenvalue weighted by Gasteiger charge is 2.15. The van der Waals surface area contributed by atoms with Crippen LogP contribution in [0.25, 0.3) is 6.08 Å². The van der Waals surface area contributed by atoms with Crippen LogP contribution in [-0.2, 0) is 0 Å². The summed E-state index contributed by atoms with van der Waals surface area (Å²) < 4.78 is 10.4. The summed E-state index contributed by atoms with van der Waals surface area (Å²) in [5.41, 5.74) is 3.18. The van der Waals surface area contributed by atoms with Crippen LogP contribution in [0.3, 0.4) is 0 Å². The third-order valence-electron chi connectivity index (χ3n) is 3.37. The number of amides is 1. The zero-order valence-corrected chi connectivity index (χ0v) is 12.9. The van der Waals surface area contributed by atoms with Gasteiger partial charge in [0.1, 0.15) is 0 Å². The molecule has 126 valence electrons. The van der Waals surface area contributed by atoms with E-state index in [-0.39, 0.29) is 12.5 Å². The first-order valence-electron chi connectivity index (χ1n) is 7.28. The second kappa shape index (κ2) is 7.26. The third kappa shape index (κ3) is 3.81. The Balaban J connectivity index is 1.60. The Bertz CT molecular complexity index is 876. The number of carbonyl (C=O) groups is 1. The van der Waals surface area contributed by atoms with Crippen LogP contribution < -0.4 is 14.9 Å². The van der Waals surface area contributed by atoms with Gasteiger partial charge in [-0.1, -0.05) is 12.1 Å². The monoisotopic (exact) mass is 339 g/mol. The number of benzene rings is 2. The van der Waals surface area contributed by atoms with Crippen LogP contribution in [0.1, 0.15) is 15.9 Å². The highest BCUT2D eigenvalue weighted by atomic mass is 16.7. The molecule has 0 saturated carbocycles. The number of nitrogens with zero attached hydrogens (tertiary/aromatic N) is 2. The number of nitrogens with one attached hydrogen (secondary N) is 1. The number of hydrazone groups is 1. The first-order valence-corrected chi connectivity index (χ1v) is 7.28. The number of nitro benzene ring substituents is 1. The van der Waals surface area contributed by atoms with Gasteiger partial charge in [0.05, 0.1) is 10.5 Å². The zero-order chi connectivity index (χ0) is 17.6. The highest BCUT2D eigenvalue weighted by molar-refractivity contribution is 5.95. The molecule has 0 bridgehead atoms. The molecule has 0 spiro atoms. The largest absolute Gasteiger partial charge is 0.454 e. The number of allylic oxidation sites excluding steroid dienone is 1. The molecule has 8 nitrogen and oxygen atoms in total. The van der Waals surface area contributed by atoms with Gasteiger partial charge in [-0.05, 0) is 36.4 Å². The van der Waals surface area contributed by atoms with E-state index in [0.29, 0.717) is 22.6 Å². The van der Waals surface area contributed by atoms with Crippen molar-refractivity contribution in [2.24, 2.45) is 5.10 Å². The van der Waals surface area contributed by atoms with Gasteiger partial charge in [-0.25, -0.2) is 5.43 Å². The summed E-state index contributed by atoms with van der Waals surface area (Å²) in [6.45, 7) is 0.134. The number of nitro groups is 1. The van der Waals surface area contributed by atoms with Crippen LogP contribution in [-0.4, -0.2) is 23.8 Å². The summed E-state index contributed by atoms with van der Waals surface area (Å²) in [5, 5.41) is 14.7. The number of hydrogen-bond donors (Lipinski definition) is 1. The zero-order valence-electron chi connectivity index (χ0n) is 12.9. The summed E-state index contributed by atoms with van der Waals surface area (Å²) in [6, 6.07) is 11.1. The number of hydrogen-bond acceptors (Lipinski definition) is 6. The number of rotatable bonds is 5. The van der Waals surface area contributed by atoms with Gasteiger partial charge in [-0.2, -0.15) is 5.10 Å². The predicted octanol–water partition coefficient (Wildman–Crippen LogP) is 2.75. The Hall–Kier alpha value is -3.68. The SMILES string of the molecule is O=C(NN=CC=Cc1ccccc1[N+](=O)[O-])c1ccc2c(c1)OCO2. The van der Waals surface area contributed by atoms with E-state index < -0.39 is 10.8 Å². The van der Waals surface area contributed by atoms with Crippen molar-refractivity contribution in [1.82, 2.24) is 5.43 Å². The molecule has 8 heteroatoms. The topological polar surface area (TPSA) is 103 Å². The van der Waals surface area contributed by atoms with E-state index in [1.54, 1.807) is 36.4 Å². The van der Waals surface area contributed by atoms with Crippen LogP contribution in [0.5, 0.6) is 11.5 Å². The van der Waals surface area contributed by atoms with Gasteiger partial charge < -0.3 is 9.47 Å². The summed E-state index contributed by atoms with van der Waals surface area (Å²) >= 11 is 0. The minimum atomic E-state index is -0.460. The molecule has 2 aromatic rings. The molecule has 1 heterocycles. The second-order valence-corrected chi connectivity index (χ2v) is 4.96. The van der Waals surface area contributed by atoms with Crippen molar-refractivity contribution >= 4 is 23.9 Å². The fourth-order valence-electron chi connectivity index (χ4n) is 2.18. The Kier molecular flexibility index (Phi) is 4.70. The standard InChI is InChI=1S/C17H13N3O5/c21-17(13-7-8-15-16(10-13)25-11-24-15)19-18-9-3-5-12-4-1-2-6-14(12)20(22)23/h1-10H,11H2,(H,19,21). The maximum Gasteiger partial charge on any atom is 0.276 e. The van der Waals surface area contributed by atoms with Crippen molar-refractivity contribution in [1.29, 1.82) is 0 Å². The lowest BCUT2D eigenvalue weighted by molar-refractivity contribution is -0.385. The molecule has 0 aromatic heterocycles. The van der Waals surface area contributed by atoms with E-state index in [2.05, 4.69) is 10.5 Å². The Labute approximate surface area is 142 Å². The molecule has 1 aliphatic heterocycles. The predicted molar refractivity (Wildman–Crippen MR) is 90.7 cm³/mol. The van der Waals surface area contributed by atoms with Crippen molar-refractivity contribution in [2.45, 2.75) is 0 Å². The molecule has 1 aliphatic rings. The lowest BCUT2D eigenvalue weighted by Gasteiger charge is -2.01. The number of fused-ring (bicyclic) bond motifs is 1. The quantitative estimate of drug-likeness (QED) is 0.512. The molecular formula is C17H13N3O5. The van der Waals surface area contributed by atoms with Crippen molar-refractivity contribution in [3.8, 4) is 11.5 Å². The fourth-order valence-corrected chi connectivity index (χ4v) is 2.18. The minimum Gasteiger partial charge on any atom is -0.454 e. The minimum absolute atomic E-state index is 0.00320. The fraction of sp³-hybridized carbons (Fsp3) is 0.0588. The summed E-state index contributed by atoms with van der Waals surface area (Å²) in [5.74, 6) is 0.689. The van der Waals surface area contributed by atoms with Crippen molar-refractivity contribution in [3.05, 3.63) is 69.8 Å². The van der Waals surface area contributed by atoms with Gasteiger partial charge in [-0.3, -0.25) is 14.9 Å². The maximum absolute atomic E-state index is 12.0. The Morgan fingerprint density at radius 2 is 2.00 bits per heavy atom. The molecule has 1 N–H and O–H groups in total. The molecule has 0 fully saturated rings. The average Bonchev–Trinajstić information content (AvgIpc) is 3.09.